The second-order valence-corrected chi connectivity index (χ2v) is 17.6. The van der Waals surface area contributed by atoms with Crippen molar-refractivity contribution >= 4 is 18.7 Å². The molecule has 4 heteroatoms. The largest absolute Gasteiger partial charge is 0.407 e. The standard InChI is InChI=1S/C38H51NO2Si/c1-38(2,3)42(33-22-11-5-12-23-33,34-24-13-6-14-25-34)41-29-15-7-10-18-31-21-16-27-36-35(31)26-17-28-39(36)37(30-40)32-19-8-4-9-20-32/h4-6,8-9,11-14,19-25,35-37,40H,7,10,15-18,26-30H2,1-3H3/t35-,36+,37-/m0/s1. The minimum Gasteiger partial charge on any atom is -0.407 e. The summed E-state index contributed by atoms with van der Waals surface area (Å²) in [4.78, 5) is 2.63. The summed E-state index contributed by atoms with van der Waals surface area (Å²) in [5.41, 5.74) is 2.92. The first-order chi connectivity index (χ1) is 20.5. The number of piperidine rings is 1. The van der Waals surface area contributed by atoms with E-state index in [1.54, 1.807) is 5.57 Å². The molecule has 0 saturated carbocycles. The van der Waals surface area contributed by atoms with Crippen molar-refractivity contribution in [1.82, 2.24) is 4.90 Å². The highest BCUT2D eigenvalue weighted by Gasteiger charge is 2.50. The summed E-state index contributed by atoms with van der Waals surface area (Å²) in [5.74, 6) is 0.638. The monoisotopic (exact) mass is 581 g/mol. The average molecular weight is 582 g/mol. The van der Waals surface area contributed by atoms with Gasteiger partial charge in [-0.1, -0.05) is 130 Å². The van der Waals surface area contributed by atoms with Gasteiger partial charge in [0.1, 0.15) is 0 Å². The lowest BCUT2D eigenvalue weighted by molar-refractivity contribution is 0.0254. The maximum Gasteiger partial charge on any atom is 0.261 e. The van der Waals surface area contributed by atoms with Gasteiger partial charge in [-0.15, -0.1) is 0 Å². The zero-order valence-electron chi connectivity index (χ0n) is 26.1. The van der Waals surface area contributed by atoms with E-state index in [9.17, 15) is 5.11 Å². The molecular formula is C38H51NO2Si. The highest BCUT2D eigenvalue weighted by Crippen LogP contribution is 2.42. The Morgan fingerprint density at radius 3 is 2.05 bits per heavy atom. The average Bonchev–Trinajstić information content (AvgIpc) is 3.02. The zero-order valence-corrected chi connectivity index (χ0v) is 27.1. The number of benzene rings is 3. The van der Waals surface area contributed by atoms with E-state index in [2.05, 4.69) is 123 Å². The van der Waals surface area contributed by atoms with Crippen LogP contribution in [0.25, 0.3) is 0 Å². The third-order valence-corrected chi connectivity index (χ3v) is 14.8. The summed E-state index contributed by atoms with van der Waals surface area (Å²) in [6.45, 7) is 9.17. The number of nitrogens with zero attached hydrogens (tertiary/aromatic N) is 1. The van der Waals surface area contributed by atoms with Crippen molar-refractivity contribution < 1.29 is 9.53 Å². The summed E-state index contributed by atoms with van der Waals surface area (Å²) in [7, 11) is -2.45. The van der Waals surface area contributed by atoms with Gasteiger partial charge in [0, 0.05) is 12.6 Å². The van der Waals surface area contributed by atoms with Crippen LogP contribution in [0.3, 0.4) is 0 Å². The van der Waals surface area contributed by atoms with Crippen molar-refractivity contribution in [2.45, 2.75) is 89.3 Å². The van der Waals surface area contributed by atoms with Gasteiger partial charge in [0.15, 0.2) is 0 Å². The van der Waals surface area contributed by atoms with Crippen molar-refractivity contribution in [3.05, 3.63) is 108 Å². The first-order valence-corrected chi connectivity index (χ1v) is 18.2. The smallest absolute Gasteiger partial charge is 0.261 e. The minimum absolute atomic E-state index is 0.0245. The van der Waals surface area contributed by atoms with Crippen LogP contribution in [0, 0.1) is 5.92 Å². The van der Waals surface area contributed by atoms with Gasteiger partial charge < -0.3 is 9.53 Å². The van der Waals surface area contributed by atoms with Crippen LogP contribution in [0.15, 0.2) is 103 Å². The predicted molar refractivity (Wildman–Crippen MR) is 179 cm³/mol. The summed E-state index contributed by atoms with van der Waals surface area (Å²) in [5, 5.41) is 13.1. The Bertz CT molecular complexity index is 1220. The van der Waals surface area contributed by atoms with E-state index in [0.29, 0.717) is 12.0 Å². The molecule has 1 saturated heterocycles. The first-order valence-electron chi connectivity index (χ1n) is 16.3. The first kappa shape index (κ1) is 30.9. The van der Waals surface area contributed by atoms with Gasteiger partial charge >= 0.3 is 0 Å². The number of hydrogen-bond acceptors (Lipinski definition) is 3. The summed E-state index contributed by atoms with van der Waals surface area (Å²) in [6, 6.07) is 33.3. The van der Waals surface area contributed by atoms with E-state index in [1.807, 2.05) is 0 Å². The van der Waals surface area contributed by atoms with Gasteiger partial charge in [0.25, 0.3) is 8.32 Å². The number of hydrogen-bond donors (Lipinski definition) is 1. The Labute approximate surface area is 255 Å². The Kier molecular flexibility index (Phi) is 10.5. The summed E-state index contributed by atoms with van der Waals surface area (Å²) < 4.78 is 7.13. The van der Waals surface area contributed by atoms with Crippen LogP contribution >= 0.6 is 0 Å². The van der Waals surface area contributed by atoms with Crippen LogP contribution in [-0.2, 0) is 4.43 Å². The molecule has 5 rings (SSSR count). The molecule has 3 aromatic rings. The van der Waals surface area contributed by atoms with Crippen molar-refractivity contribution in [1.29, 1.82) is 0 Å². The quantitative estimate of drug-likeness (QED) is 0.135. The molecule has 42 heavy (non-hydrogen) atoms. The number of aliphatic hydroxyl groups is 1. The lowest BCUT2D eigenvalue weighted by Crippen LogP contribution is -2.66. The second-order valence-electron chi connectivity index (χ2n) is 13.3. The van der Waals surface area contributed by atoms with E-state index in [1.165, 1.54) is 54.5 Å². The van der Waals surface area contributed by atoms with Crippen LogP contribution < -0.4 is 10.4 Å². The zero-order chi connectivity index (χ0) is 29.4. The number of aliphatic hydroxyl groups excluding tert-OH is 1. The third-order valence-electron chi connectivity index (χ3n) is 9.77. The number of rotatable bonds is 12. The van der Waals surface area contributed by atoms with Gasteiger partial charge in [-0.05, 0) is 78.4 Å². The van der Waals surface area contributed by atoms with Crippen LogP contribution in [0.1, 0.15) is 83.7 Å². The van der Waals surface area contributed by atoms with Crippen molar-refractivity contribution in [2.75, 3.05) is 19.8 Å². The van der Waals surface area contributed by atoms with E-state index < -0.39 is 8.32 Å². The molecule has 1 heterocycles. The van der Waals surface area contributed by atoms with E-state index in [4.69, 9.17) is 4.43 Å². The molecule has 0 unspecified atom stereocenters. The lowest BCUT2D eigenvalue weighted by atomic mass is 9.75. The molecule has 3 nitrogen and oxygen atoms in total. The van der Waals surface area contributed by atoms with Gasteiger partial charge in [0.2, 0.25) is 0 Å². The Morgan fingerprint density at radius 1 is 0.833 bits per heavy atom. The SMILES string of the molecule is CC(C)(C)[Si](OCCCCCC1=CCC[C@@H]2[C@H]1CCCN2[C@@H](CO)c1ccccc1)(c1ccccc1)c1ccccc1. The van der Waals surface area contributed by atoms with E-state index in [-0.39, 0.29) is 17.7 Å². The Hall–Kier alpha value is -2.50. The molecule has 3 atom stereocenters. The fraction of sp³-hybridized carbons (Fsp3) is 0.474. The predicted octanol–water partition coefficient (Wildman–Crippen LogP) is 7.66. The fourth-order valence-electron chi connectivity index (χ4n) is 7.82. The molecule has 1 aliphatic heterocycles. The van der Waals surface area contributed by atoms with Crippen molar-refractivity contribution in [3.63, 3.8) is 0 Å². The number of fused-ring (bicyclic) bond motifs is 1. The van der Waals surface area contributed by atoms with Gasteiger partial charge in [-0.3, -0.25) is 4.90 Å². The van der Waals surface area contributed by atoms with Gasteiger partial charge in [0.05, 0.1) is 12.6 Å². The maximum atomic E-state index is 10.4. The summed E-state index contributed by atoms with van der Waals surface area (Å²) >= 11 is 0. The van der Waals surface area contributed by atoms with E-state index in [0.717, 1.165) is 26.0 Å². The van der Waals surface area contributed by atoms with Crippen molar-refractivity contribution in [3.8, 4) is 0 Å². The molecule has 0 bridgehead atoms. The molecule has 1 aliphatic carbocycles. The number of likely N-dealkylation sites (tertiary alicyclic amines) is 1. The van der Waals surface area contributed by atoms with E-state index >= 15 is 0 Å². The maximum absolute atomic E-state index is 10.4. The second kappa shape index (κ2) is 14.3. The molecular weight excluding hydrogens is 531 g/mol. The Balaban J connectivity index is 1.19. The molecule has 0 spiro atoms. The Morgan fingerprint density at radius 2 is 1.45 bits per heavy atom. The third kappa shape index (κ3) is 6.68. The van der Waals surface area contributed by atoms with Crippen LogP contribution in [0.5, 0.6) is 0 Å². The molecule has 0 aromatic heterocycles. The van der Waals surface area contributed by atoms with Gasteiger partial charge in [-0.2, -0.15) is 0 Å². The minimum atomic E-state index is -2.45. The molecule has 2 aliphatic rings. The molecule has 224 valence electrons. The van der Waals surface area contributed by atoms with Crippen molar-refractivity contribution in [2.24, 2.45) is 5.92 Å². The normalized spacial score (nSPS) is 20.5. The molecule has 3 aromatic carbocycles. The fourth-order valence-corrected chi connectivity index (χ4v) is 12.4. The molecule has 0 radical (unpaired) electrons. The van der Waals surface area contributed by atoms with Crippen LogP contribution in [-0.4, -0.2) is 44.1 Å². The molecule has 1 N–H and O–H groups in total. The van der Waals surface area contributed by atoms with Crippen LogP contribution in [0.2, 0.25) is 5.04 Å². The lowest BCUT2D eigenvalue weighted by Gasteiger charge is -2.48. The van der Waals surface area contributed by atoms with Crippen LogP contribution in [0.4, 0.5) is 0 Å². The molecule has 1 fully saturated rings. The highest BCUT2D eigenvalue weighted by molar-refractivity contribution is 6.99. The number of allylic oxidation sites excluding steroid dienone is 1. The summed E-state index contributed by atoms with van der Waals surface area (Å²) in [6.07, 6.45) is 12.1. The highest BCUT2D eigenvalue weighted by atomic mass is 28.4. The van der Waals surface area contributed by atoms with Gasteiger partial charge in [-0.25, -0.2) is 0 Å². The topological polar surface area (TPSA) is 32.7 Å². The molecule has 0 amide bonds. The number of unbranched alkanes of at least 4 members (excludes halogenated alkanes) is 2.